The van der Waals surface area contributed by atoms with Crippen LogP contribution in [0.4, 0.5) is 0 Å². The molecule has 0 radical (unpaired) electrons. The molecule has 0 bridgehead atoms. The Bertz CT molecular complexity index is 91.3. The summed E-state index contributed by atoms with van der Waals surface area (Å²) >= 11 is 0. The van der Waals surface area contributed by atoms with E-state index in [9.17, 15) is 0 Å². The molecule has 0 aromatic heterocycles. The third kappa shape index (κ3) is 2.27. The second kappa shape index (κ2) is 3.94. The fourth-order valence-corrected chi connectivity index (χ4v) is 1.12. The smallest absolute Gasteiger partial charge is 0.157 e. The van der Waals surface area contributed by atoms with Gasteiger partial charge in [0.15, 0.2) is 6.29 Å². The van der Waals surface area contributed by atoms with Gasteiger partial charge >= 0.3 is 0 Å². The van der Waals surface area contributed by atoms with Crippen LogP contribution in [0.3, 0.4) is 0 Å². The lowest BCUT2D eigenvalue weighted by atomic mass is 10.2. The molecule has 2 unspecified atom stereocenters. The van der Waals surface area contributed by atoms with Crippen LogP contribution in [0.1, 0.15) is 33.1 Å². The monoisotopic (exact) mass is 144 g/mol. The zero-order valence-corrected chi connectivity index (χ0v) is 6.80. The van der Waals surface area contributed by atoms with Gasteiger partial charge in [0.25, 0.3) is 0 Å². The molecule has 1 fully saturated rings. The molecule has 0 saturated carbocycles. The molecule has 1 heterocycles. The van der Waals surface area contributed by atoms with Gasteiger partial charge in [-0.05, 0) is 19.8 Å². The largest absolute Gasteiger partial charge is 0.353 e. The number of hydrogen-bond acceptors (Lipinski definition) is 2. The van der Waals surface area contributed by atoms with Gasteiger partial charge in [-0.1, -0.05) is 13.3 Å². The molecule has 0 spiro atoms. The quantitative estimate of drug-likeness (QED) is 0.589. The lowest BCUT2D eigenvalue weighted by molar-refractivity contribution is -0.209. The third-order valence-corrected chi connectivity index (χ3v) is 1.74. The van der Waals surface area contributed by atoms with Gasteiger partial charge in [-0.2, -0.15) is 0 Å². The fraction of sp³-hybridized carbons (Fsp3) is 1.00. The minimum absolute atomic E-state index is 0.0775. The highest BCUT2D eigenvalue weighted by atomic mass is 16.7. The van der Waals surface area contributed by atoms with Crippen molar-refractivity contribution in [2.24, 2.45) is 0 Å². The normalized spacial score (nSPS) is 34.2. The summed E-state index contributed by atoms with van der Waals surface area (Å²) in [5.74, 6) is 0. The van der Waals surface area contributed by atoms with Crippen LogP contribution in [0.5, 0.6) is 0 Å². The molecule has 1 aliphatic heterocycles. The van der Waals surface area contributed by atoms with Crippen molar-refractivity contribution in [2.75, 3.05) is 6.61 Å². The Morgan fingerprint density at radius 1 is 1.50 bits per heavy atom. The topological polar surface area (TPSA) is 18.5 Å². The van der Waals surface area contributed by atoms with Gasteiger partial charge in [0, 0.05) is 0 Å². The summed E-state index contributed by atoms with van der Waals surface area (Å²) in [5.41, 5.74) is 0. The molecule has 0 N–H and O–H groups in total. The van der Waals surface area contributed by atoms with E-state index in [4.69, 9.17) is 9.47 Å². The number of hydrogen-bond donors (Lipinski definition) is 0. The van der Waals surface area contributed by atoms with Crippen LogP contribution in [-0.4, -0.2) is 19.0 Å². The van der Waals surface area contributed by atoms with E-state index >= 15 is 0 Å². The summed E-state index contributed by atoms with van der Waals surface area (Å²) in [4.78, 5) is 0. The summed E-state index contributed by atoms with van der Waals surface area (Å²) in [6.07, 6.45) is 3.68. The van der Waals surface area contributed by atoms with E-state index in [0.29, 0.717) is 6.10 Å². The lowest BCUT2D eigenvalue weighted by Gasteiger charge is -2.27. The predicted molar refractivity (Wildman–Crippen MR) is 39.8 cm³/mol. The first-order chi connectivity index (χ1) is 4.83. The summed E-state index contributed by atoms with van der Waals surface area (Å²) in [6, 6.07) is 0. The molecule has 10 heavy (non-hydrogen) atoms. The van der Waals surface area contributed by atoms with Gasteiger partial charge in [0.2, 0.25) is 0 Å². The van der Waals surface area contributed by atoms with Crippen LogP contribution in [0.25, 0.3) is 0 Å². The second-order valence-electron chi connectivity index (χ2n) is 2.82. The maximum Gasteiger partial charge on any atom is 0.157 e. The standard InChI is InChI=1S/C8H16O2/c1-3-4-8-9-6-5-7(2)10-8/h7-8H,3-6H2,1-2H3. The maximum atomic E-state index is 5.50. The van der Waals surface area contributed by atoms with Crippen molar-refractivity contribution in [1.29, 1.82) is 0 Å². The molecular weight excluding hydrogens is 128 g/mol. The molecule has 60 valence electrons. The zero-order chi connectivity index (χ0) is 7.40. The van der Waals surface area contributed by atoms with Crippen LogP contribution >= 0.6 is 0 Å². The molecule has 0 amide bonds. The average molecular weight is 144 g/mol. The molecule has 0 aromatic carbocycles. The minimum Gasteiger partial charge on any atom is -0.353 e. The molecule has 0 aromatic rings. The van der Waals surface area contributed by atoms with Crippen molar-refractivity contribution in [1.82, 2.24) is 0 Å². The highest BCUT2D eigenvalue weighted by Crippen LogP contribution is 2.15. The van der Waals surface area contributed by atoms with E-state index in [0.717, 1.165) is 25.9 Å². The van der Waals surface area contributed by atoms with Crippen LogP contribution in [0.2, 0.25) is 0 Å². The summed E-state index contributed by atoms with van der Waals surface area (Å²) in [5, 5.41) is 0. The van der Waals surface area contributed by atoms with E-state index in [2.05, 4.69) is 13.8 Å². The van der Waals surface area contributed by atoms with Gasteiger partial charge in [0.1, 0.15) is 0 Å². The Morgan fingerprint density at radius 2 is 2.30 bits per heavy atom. The van der Waals surface area contributed by atoms with E-state index < -0.39 is 0 Å². The molecule has 2 nitrogen and oxygen atoms in total. The summed E-state index contributed by atoms with van der Waals surface area (Å²) in [6.45, 7) is 5.11. The van der Waals surface area contributed by atoms with Crippen LogP contribution in [0.15, 0.2) is 0 Å². The van der Waals surface area contributed by atoms with Crippen molar-refractivity contribution in [3.05, 3.63) is 0 Å². The molecule has 2 atom stereocenters. The number of ether oxygens (including phenoxy) is 2. The fourth-order valence-electron chi connectivity index (χ4n) is 1.12. The Kier molecular flexibility index (Phi) is 3.16. The predicted octanol–water partition coefficient (Wildman–Crippen LogP) is 1.94. The van der Waals surface area contributed by atoms with E-state index in [-0.39, 0.29) is 6.29 Å². The summed E-state index contributed by atoms with van der Waals surface area (Å²) < 4.78 is 10.9. The average Bonchev–Trinajstić information content (AvgIpc) is 1.88. The molecule has 1 rings (SSSR count). The maximum absolute atomic E-state index is 5.50. The van der Waals surface area contributed by atoms with Crippen molar-refractivity contribution in [2.45, 2.75) is 45.5 Å². The van der Waals surface area contributed by atoms with E-state index in [1.165, 1.54) is 0 Å². The molecule has 1 saturated heterocycles. The zero-order valence-electron chi connectivity index (χ0n) is 6.80. The number of rotatable bonds is 2. The van der Waals surface area contributed by atoms with Gasteiger partial charge in [-0.25, -0.2) is 0 Å². The van der Waals surface area contributed by atoms with Gasteiger partial charge in [-0.15, -0.1) is 0 Å². The first-order valence-electron chi connectivity index (χ1n) is 4.10. The second-order valence-corrected chi connectivity index (χ2v) is 2.82. The van der Waals surface area contributed by atoms with Crippen molar-refractivity contribution in [3.8, 4) is 0 Å². The Labute approximate surface area is 62.5 Å². The molecule has 2 heteroatoms. The van der Waals surface area contributed by atoms with Gasteiger partial charge in [-0.3, -0.25) is 0 Å². The van der Waals surface area contributed by atoms with Gasteiger partial charge < -0.3 is 9.47 Å². The SMILES string of the molecule is CCCC1OCCC(C)O1. The van der Waals surface area contributed by atoms with E-state index in [1.54, 1.807) is 0 Å². The Morgan fingerprint density at radius 3 is 2.90 bits per heavy atom. The Hall–Kier alpha value is -0.0800. The van der Waals surface area contributed by atoms with Crippen molar-refractivity contribution < 1.29 is 9.47 Å². The molecular formula is C8H16O2. The highest BCUT2D eigenvalue weighted by Gasteiger charge is 2.17. The van der Waals surface area contributed by atoms with Crippen molar-refractivity contribution in [3.63, 3.8) is 0 Å². The Balaban J connectivity index is 2.18. The molecule has 1 aliphatic rings. The molecule has 0 aliphatic carbocycles. The van der Waals surface area contributed by atoms with Crippen LogP contribution in [0, 0.1) is 0 Å². The van der Waals surface area contributed by atoms with Crippen LogP contribution < -0.4 is 0 Å². The van der Waals surface area contributed by atoms with E-state index in [1.807, 2.05) is 0 Å². The van der Waals surface area contributed by atoms with Gasteiger partial charge in [0.05, 0.1) is 12.7 Å². The van der Waals surface area contributed by atoms with Crippen LogP contribution in [-0.2, 0) is 9.47 Å². The highest BCUT2D eigenvalue weighted by molar-refractivity contribution is 4.58. The first-order valence-corrected chi connectivity index (χ1v) is 4.10. The van der Waals surface area contributed by atoms with Crippen molar-refractivity contribution >= 4 is 0 Å². The summed E-state index contributed by atoms with van der Waals surface area (Å²) in [7, 11) is 0. The first kappa shape index (κ1) is 8.02. The minimum atomic E-state index is 0.0775. The third-order valence-electron chi connectivity index (χ3n) is 1.74. The lowest BCUT2D eigenvalue weighted by Crippen LogP contribution is -2.30.